The molecule has 0 atom stereocenters. The highest BCUT2D eigenvalue weighted by Gasteiger charge is 2.08. The number of rotatable bonds is 0. The summed E-state index contributed by atoms with van der Waals surface area (Å²) in [5.74, 6) is 0. The maximum Gasteiger partial charge on any atom is 0.115 e. The van der Waals surface area contributed by atoms with Crippen molar-refractivity contribution in [3.8, 4) is 0 Å². The monoisotopic (exact) mass is 1640 g/mol. The molecular weight excluding hydrogens is 1420 g/mol. The summed E-state index contributed by atoms with van der Waals surface area (Å²) in [7, 11) is 4.35. The van der Waals surface area contributed by atoms with Crippen LogP contribution in [0.25, 0.3) is 0 Å². The third-order valence-electron chi connectivity index (χ3n) is 10.2. The number of piperazine rings is 1. The average molecular weight is 1650 g/mol. The van der Waals surface area contributed by atoms with Crippen molar-refractivity contribution in [1.29, 1.82) is 0 Å². The second-order valence-corrected chi connectivity index (χ2v) is 16.4. The van der Waals surface area contributed by atoms with E-state index in [1.165, 1.54) is 149 Å². The molecule has 0 aromatic carbocycles. The molecule has 4 aromatic rings. The number of morpholine rings is 1. The lowest BCUT2D eigenvalue weighted by Gasteiger charge is -2.28. The van der Waals surface area contributed by atoms with Crippen LogP contribution < -0.4 is 37.2 Å². The molecule has 0 radical (unpaired) electrons. The molecule has 8 aliphatic rings. The van der Waals surface area contributed by atoms with Gasteiger partial charge in [-0.25, -0.2) is 9.97 Å². The number of piperidine rings is 2. The van der Waals surface area contributed by atoms with E-state index in [0.29, 0.717) is 0 Å². The van der Waals surface area contributed by atoms with Gasteiger partial charge in [0, 0.05) is 108 Å². The van der Waals surface area contributed by atoms with Crippen LogP contribution in [0.4, 0.5) is 0 Å². The molecule has 115 heavy (non-hydrogen) atoms. The fourth-order valence-corrected chi connectivity index (χ4v) is 6.08. The van der Waals surface area contributed by atoms with Gasteiger partial charge in [-0.3, -0.25) is 19.9 Å². The second kappa shape index (κ2) is 275. The van der Waals surface area contributed by atoms with Gasteiger partial charge in [0.2, 0.25) is 0 Å². The Morgan fingerprint density at radius 1 is 0.252 bits per heavy atom. The Kier molecular flexibility index (Phi) is 403. The molecule has 6 fully saturated rings. The predicted octanol–water partition coefficient (Wildman–Crippen LogP) is 27.4. The number of hydrogen-bond donors (Lipinski definition) is 7. The van der Waals surface area contributed by atoms with Crippen molar-refractivity contribution in [3.63, 3.8) is 0 Å². The minimum Gasteiger partial charge on any atom is -0.379 e. The maximum absolute atomic E-state index is 5.01. The Hall–Kier alpha value is -5.18. The highest BCUT2D eigenvalue weighted by atomic mass is 16.5. The average Bonchev–Trinajstić information content (AvgIpc) is 1.35. The number of allylic oxidation sites excluding steroid dienone is 2. The van der Waals surface area contributed by atoms with Crippen LogP contribution in [-0.2, 0) is 4.74 Å². The molecule has 18 nitrogen and oxygen atoms in total. The SMILES string of the molecule is C1=CNC=CC1.C1=NCCN1.C1CCNC1.C1CCNC1.C1CCNCC1.C1CCNCC1.C1COCCN1.CC.CC.CC.CC.CC.CC.CC.CC.CC.CC.CC.CC.CC.CC.CC.CC.CC.CC.CC.CC.CC.CC.CN1CCN(C)CC1.c1ccncc1.c1ccnnc1.c1cnccn1.c1cncnc1. The lowest BCUT2D eigenvalue weighted by molar-refractivity contribution is 0.109. The molecule has 6 saturated heterocycles. The molecule has 4 aromatic heterocycles. The van der Waals surface area contributed by atoms with Crippen LogP contribution in [0.5, 0.6) is 0 Å². The summed E-state index contributed by atoms with van der Waals surface area (Å²) in [5, 5.41) is 29.1. The van der Waals surface area contributed by atoms with Crippen LogP contribution in [-0.4, -0.2) is 183 Å². The van der Waals surface area contributed by atoms with Gasteiger partial charge in [-0.1, -0.05) is 336 Å². The van der Waals surface area contributed by atoms with E-state index in [-0.39, 0.29) is 0 Å². The lowest BCUT2D eigenvalue weighted by atomic mass is 10.2. The summed E-state index contributed by atoms with van der Waals surface area (Å²) in [5.41, 5.74) is 0. The van der Waals surface area contributed by atoms with Crippen molar-refractivity contribution < 1.29 is 4.74 Å². The van der Waals surface area contributed by atoms with Gasteiger partial charge in [0.1, 0.15) is 6.33 Å². The van der Waals surface area contributed by atoms with Crippen molar-refractivity contribution in [2.75, 3.05) is 132 Å². The first kappa shape index (κ1) is 169. The molecule has 12 heterocycles. The Bertz CT molecular complexity index is 1250. The molecule has 8 aliphatic heterocycles. The van der Waals surface area contributed by atoms with E-state index in [0.717, 1.165) is 45.8 Å². The van der Waals surface area contributed by atoms with Gasteiger partial charge >= 0.3 is 0 Å². The summed E-state index contributed by atoms with van der Waals surface area (Å²) < 4.78 is 5.01. The molecule has 0 saturated carbocycles. The summed E-state index contributed by atoms with van der Waals surface area (Å²) in [6, 6.07) is 11.1. The molecule has 0 amide bonds. The van der Waals surface area contributed by atoms with E-state index >= 15 is 0 Å². The molecule has 12 rings (SSSR count). The first-order valence-corrected chi connectivity index (χ1v) is 48.0. The number of nitrogens with one attached hydrogen (secondary N) is 7. The Morgan fingerprint density at radius 3 is 0.591 bits per heavy atom. The molecule has 18 heteroatoms. The Labute approximate surface area is 730 Å². The topological polar surface area (TPSA) is 203 Å². The summed E-state index contributed by atoms with van der Waals surface area (Å²) in [6.07, 6.45) is 43.0. The van der Waals surface area contributed by atoms with Gasteiger partial charge < -0.3 is 51.8 Å². The van der Waals surface area contributed by atoms with Gasteiger partial charge in [0.15, 0.2) is 0 Å². The number of pyridine rings is 1. The van der Waals surface area contributed by atoms with Crippen LogP contribution in [0.15, 0.2) is 134 Å². The van der Waals surface area contributed by atoms with E-state index in [2.05, 4.69) is 113 Å². The molecule has 0 aliphatic carbocycles. The first-order chi connectivity index (χ1) is 57.3. The predicted molar refractivity (Wildman–Crippen MR) is 544 cm³/mol. The maximum atomic E-state index is 5.01. The minimum absolute atomic E-state index is 0.889. The fourth-order valence-electron chi connectivity index (χ4n) is 6.08. The number of dihydropyridines is 1. The smallest absolute Gasteiger partial charge is 0.115 e. The normalized spacial score (nSPS) is 12.2. The highest BCUT2D eigenvalue weighted by Crippen LogP contribution is 1.98. The van der Waals surface area contributed by atoms with E-state index in [1.54, 1.807) is 74.4 Å². The van der Waals surface area contributed by atoms with Gasteiger partial charge in [-0.05, 0) is 167 Å². The number of likely N-dealkylation sites (N-methyl/N-ethyl adjacent to an activating group) is 2. The van der Waals surface area contributed by atoms with Crippen molar-refractivity contribution in [3.05, 3.63) is 129 Å². The van der Waals surface area contributed by atoms with Crippen molar-refractivity contribution >= 4 is 6.34 Å². The summed E-state index contributed by atoms with van der Waals surface area (Å²) in [6.45, 7) is 109. The Morgan fingerprint density at radius 2 is 0.496 bits per heavy atom. The van der Waals surface area contributed by atoms with Crippen LogP contribution in [0.2, 0.25) is 0 Å². The molecule has 7 N–H and O–H groups in total. The zero-order valence-electron chi connectivity index (χ0n) is 87.6. The Balaban J connectivity index is -0.0000000393. The van der Waals surface area contributed by atoms with Crippen LogP contribution in [0.3, 0.4) is 0 Å². The quantitative estimate of drug-likeness (QED) is 0.0875. The highest BCUT2D eigenvalue weighted by molar-refractivity contribution is 5.56. The minimum atomic E-state index is 0.889. The standard InChI is InChI=1S/C6H14N2.2C5H11N.C5H7N.C5H5N.3C4H4N2.C4H9NO.2C4H9N.C3H6N2.22C2H6/c1-7-3-5-8(2)6-4-7;4*1-2-4-6-5-3-1;1-2-6-4-3-5-1;1-2-5-4-6-3-1;1-2-4-6-5-3-1;1-3-6-4-2-5-1;2*1-2-4-5-3-1;1-2-5-3-4-1;22*1-2/h3-6H2,1-2H3;2*6H,1-5H2;2-6H,1H2;1-5H;3*1-4H;5H,1-4H2;2*5H,1-4H2;3H,1-2H2,(H,4,5);22*1-2H3. The third-order valence-corrected chi connectivity index (χ3v) is 10.2. The third kappa shape index (κ3) is 270. The van der Waals surface area contributed by atoms with E-state index < -0.39 is 0 Å². The zero-order chi connectivity index (χ0) is 94.5. The fraction of sp³-hybridized carbons (Fsp3) is 0.773. The number of aliphatic imine (C=N–C) groups is 1. The molecule has 0 bridgehead atoms. The van der Waals surface area contributed by atoms with E-state index in [9.17, 15) is 0 Å². The number of hydrogen-bond acceptors (Lipinski definition) is 18. The zero-order valence-corrected chi connectivity index (χ0v) is 87.6. The van der Waals surface area contributed by atoms with Crippen molar-refractivity contribution in [2.45, 2.75) is 375 Å². The van der Waals surface area contributed by atoms with Gasteiger partial charge in [-0.15, -0.1) is 0 Å². The van der Waals surface area contributed by atoms with Gasteiger partial charge in [-0.2, -0.15) is 10.2 Å². The largest absolute Gasteiger partial charge is 0.379 e. The molecular formula is C97H225N17O. The van der Waals surface area contributed by atoms with Crippen molar-refractivity contribution in [1.82, 2.24) is 82.1 Å². The van der Waals surface area contributed by atoms with Crippen LogP contribution in [0, 0.1) is 0 Å². The van der Waals surface area contributed by atoms with Gasteiger partial charge in [0.05, 0.1) is 26.1 Å². The lowest BCUT2D eigenvalue weighted by Crippen LogP contribution is -2.42. The number of nitrogens with zero attached hydrogens (tertiary/aromatic N) is 10. The number of aromatic nitrogens is 7. The van der Waals surface area contributed by atoms with E-state index in [4.69, 9.17) is 4.74 Å². The molecule has 704 valence electrons. The van der Waals surface area contributed by atoms with Crippen molar-refractivity contribution in [2.24, 2.45) is 4.99 Å². The summed E-state index contributed by atoms with van der Waals surface area (Å²) >= 11 is 0. The second-order valence-electron chi connectivity index (χ2n) is 16.4. The number of ether oxygens (including phenoxy) is 1. The molecule has 0 spiro atoms. The van der Waals surface area contributed by atoms with Crippen LogP contribution in [0.1, 0.15) is 375 Å². The van der Waals surface area contributed by atoms with Gasteiger partial charge in [0.25, 0.3) is 0 Å². The summed E-state index contributed by atoms with van der Waals surface area (Å²) in [4.78, 5) is 27.1. The first-order valence-electron chi connectivity index (χ1n) is 48.0. The molecule has 0 unspecified atom stereocenters. The van der Waals surface area contributed by atoms with Crippen LogP contribution >= 0.6 is 0 Å². The van der Waals surface area contributed by atoms with E-state index in [1.807, 2.05) is 347 Å².